The maximum absolute atomic E-state index is 13.7. The Morgan fingerprint density at radius 2 is 1.95 bits per heavy atom. The average molecular weight is 264 g/mol. The summed E-state index contributed by atoms with van der Waals surface area (Å²) in [6.45, 7) is 5.04. The molecule has 1 aromatic rings. The summed E-state index contributed by atoms with van der Waals surface area (Å²) < 4.78 is 13.7. The van der Waals surface area contributed by atoms with Crippen LogP contribution in [0.4, 0.5) is 4.39 Å². The zero-order valence-electron chi connectivity index (χ0n) is 11.2. The molecule has 1 aliphatic heterocycles. The molecule has 19 heavy (non-hydrogen) atoms. The van der Waals surface area contributed by atoms with Crippen LogP contribution in [0.5, 0.6) is 0 Å². The summed E-state index contributed by atoms with van der Waals surface area (Å²) in [7, 11) is 0. The fraction of sp³-hybridized carbons (Fsp3) is 0.429. The Hall–Kier alpha value is -1.91. The minimum absolute atomic E-state index is 0.0935. The van der Waals surface area contributed by atoms with Gasteiger partial charge < -0.3 is 10.2 Å². The molecule has 0 aliphatic carbocycles. The van der Waals surface area contributed by atoms with Crippen molar-refractivity contribution in [2.45, 2.75) is 38.9 Å². The van der Waals surface area contributed by atoms with Crippen molar-refractivity contribution < 1.29 is 14.0 Å². The second-order valence-electron chi connectivity index (χ2n) is 5.27. The smallest absolute Gasteiger partial charge is 0.246 e. The molecule has 102 valence electrons. The van der Waals surface area contributed by atoms with Gasteiger partial charge in [0.2, 0.25) is 11.8 Å². The number of nitrogens with zero attached hydrogens (tertiary/aromatic N) is 1. The molecule has 1 N–H and O–H groups in total. The lowest BCUT2D eigenvalue weighted by Crippen LogP contribution is -2.67. The summed E-state index contributed by atoms with van der Waals surface area (Å²) in [6, 6.07) is 5.70. The highest BCUT2D eigenvalue weighted by atomic mass is 19.1. The summed E-state index contributed by atoms with van der Waals surface area (Å²) in [5.41, 5.74) is -0.572. The summed E-state index contributed by atoms with van der Waals surface area (Å²) in [5, 5.41) is 2.63. The molecule has 0 spiro atoms. The standard InChI is InChI=1S/C14H17FN2O2/c1-9-12(18)17(14(2,3)13(19)16-9)8-10-6-4-5-7-11(10)15/h4-7,9H,8H2,1-3H3,(H,16,19). The number of carbonyl (C=O) groups excluding carboxylic acids is 2. The van der Waals surface area contributed by atoms with Crippen LogP contribution in [0.3, 0.4) is 0 Å². The second-order valence-corrected chi connectivity index (χ2v) is 5.27. The van der Waals surface area contributed by atoms with Gasteiger partial charge in [0, 0.05) is 12.1 Å². The molecule has 5 heteroatoms. The maximum atomic E-state index is 13.7. The van der Waals surface area contributed by atoms with Gasteiger partial charge in [-0.05, 0) is 26.8 Å². The Bertz CT molecular complexity index is 528. The quantitative estimate of drug-likeness (QED) is 0.879. The van der Waals surface area contributed by atoms with E-state index in [-0.39, 0.29) is 24.2 Å². The van der Waals surface area contributed by atoms with E-state index in [0.29, 0.717) is 5.56 Å². The second kappa shape index (κ2) is 4.64. The molecular weight excluding hydrogens is 247 g/mol. The van der Waals surface area contributed by atoms with E-state index in [0.717, 1.165) is 0 Å². The van der Waals surface area contributed by atoms with Crippen LogP contribution in [0.25, 0.3) is 0 Å². The molecule has 1 heterocycles. The molecule has 1 fully saturated rings. The number of rotatable bonds is 2. The molecular formula is C14H17FN2O2. The van der Waals surface area contributed by atoms with Crippen molar-refractivity contribution in [3.8, 4) is 0 Å². The molecule has 0 bridgehead atoms. The van der Waals surface area contributed by atoms with Crippen molar-refractivity contribution in [1.29, 1.82) is 0 Å². The average Bonchev–Trinajstić information content (AvgIpc) is 2.35. The minimum Gasteiger partial charge on any atom is -0.343 e. The Kier molecular flexibility index (Phi) is 3.30. The maximum Gasteiger partial charge on any atom is 0.246 e. The molecule has 1 aliphatic rings. The highest BCUT2D eigenvalue weighted by Crippen LogP contribution is 2.24. The first kappa shape index (κ1) is 13.5. The van der Waals surface area contributed by atoms with Gasteiger partial charge in [0.05, 0.1) is 0 Å². The van der Waals surface area contributed by atoms with E-state index in [1.54, 1.807) is 39.0 Å². The lowest BCUT2D eigenvalue weighted by molar-refractivity contribution is -0.155. The van der Waals surface area contributed by atoms with E-state index in [1.165, 1.54) is 11.0 Å². The Morgan fingerprint density at radius 3 is 2.58 bits per heavy atom. The van der Waals surface area contributed by atoms with Gasteiger partial charge in [0.1, 0.15) is 17.4 Å². The van der Waals surface area contributed by atoms with E-state index in [4.69, 9.17) is 0 Å². The molecule has 1 unspecified atom stereocenters. The number of hydrogen-bond acceptors (Lipinski definition) is 2. The largest absolute Gasteiger partial charge is 0.343 e. The topological polar surface area (TPSA) is 49.4 Å². The molecule has 0 saturated carbocycles. The van der Waals surface area contributed by atoms with E-state index < -0.39 is 11.6 Å². The first-order chi connectivity index (χ1) is 8.84. The number of halogens is 1. The zero-order chi connectivity index (χ0) is 14.2. The molecule has 1 saturated heterocycles. The van der Waals surface area contributed by atoms with Crippen LogP contribution in [0.2, 0.25) is 0 Å². The minimum atomic E-state index is -0.980. The van der Waals surface area contributed by atoms with Gasteiger partial charge in [-0.3, -0.25) is 9.59 Å². The van der Waals surface area contributed by atoms with Crippen LogP contribution in [-0.4, -0.2) is 28.3 Å². The fourth-order valence-electron chi connectivity index (χ4n) is 2.14. The summed E-state index contributed by atoms with van der Waals surface area (Å²) in [5.74, 6) is -0.798. The van der Waals surface area contributed by atoms with E-state index >= 15 is 0 Å². The Labute approximate surface area is 111 Å². The molecule has 1 atom stereocenters. The van der Waals surface area contributed by atoms with Crippen LogP contribution in [0.1, 0.15) is 26.3 Å². The molecule has 4 nitrogen and oxygen atoms in total. The van der Waals surface area contributed by atoms with E-state index in [9.17, 15) is 14.0 Å². The van der Waals surface area contributed by atoms with Crippen LogP contribution < -0.4 is 5.32 Å². The van der Waals surface area contributed by atoms with Crippen molar-refractivity contribution >= 4 is 11.8 Å². The summed E-state index contributed by atoms with van der Waals surface area (Å²) in [4.78, 5) is 25.6. The van der Waals surface area contributed by atoms with Crippen molar-refractivity contribution in [3.63, 3.8) is 0 Å². The predicted molar refractivity (Wildman–Crippen MR) is 68.6 cm³/mol. The van der Waals surface area contributed by atoms with Crippen LogP contribution in [-0.2, 0) is 16.1 Å². The van der Waals surface area contributed by atoms with E-state index in [2.05, 4.69) is 5.32 Å². The molecule has 2 rings (SSSR count). The molecule has 2 amide bonds. The van der Waals surface area contributed by atoms with Gasteiger partial charge in [0.25, 0.3) is 0 Å². The van der Waals surface area contributed by atoms with Gasteiger partial charge in [-0.2, -0.15) is 0 Å². The third kappa shape index (κ3) is 2.32. The number of piperazine rings is 1. The van der Waals surface area contributed by atoms with Crippen molar-refractivity contribution in [2.75, 3.05) is 0 Å². The number of hydrogen-bond donors (Lipinski definition) is 1. The van der Waals surface area contributed by atoms with Crippen molar-refractivity contribution in [1.82, 2.24) is 10.2 Å². The number of carbonyl (C=O) groups is 2. The highest BCUT2D eigenvalue weighted by molar-refractivity contribution is 5.99. The normalized spacial score (nSPS) is 22.3. The lowest BCUT2D eigenvalue weighted by Gasteiger charge is -2.43. The summed E-state index contributed by atoms with van der Waals surface area (Å²) >= 11 is 0. The molecule has 1 aromatic carbocycles. The van der Waals surface area contributed by atoms with E-state index in [1.807, 2.05) is 0 Å². The van der Waals surface area contributed by atoms with Crippen molar-refractivity contribution in [3.05, 3.63) is 35.6 Å². The first-order valence-corrected chi connectivity index (χ1v) is 6.20. The Morgan fingerprint density at radius 1 is 1.32 bits per heavy atom. The fourth-order valence-corrected chi connectivity index (χ4v) is 2.14. The van der Waals surface area contributed by atoms with Gasteiger partial charge in [-0.15, -0.1) is 0 Å². The SMILES string of the molecule is CC1NC(=O)C(C)(C)N(Cc2ccccc2F)C1=O. The van der Waals surface area contributed by atoms with Gasteiger partial charge in [0.15, 0.2) is 0 Å². The third-order valence-corrected chi connectivity index (χ3v) is 3.50. The molecule has 0 aromatic heterocycles. The van der Waals surface area contributed by atoms with Crippen LogP contribution >= 0.6 is 0 Å². The molecule has 0 radical (unpaired) electrons. The Balaban J connectivity index is 2.33. The van der Waals surface area contributed by atoms with Crippen LogP contribution in [0, 0.1) is 5.82 Å². The predicted octanol–water partition coefficient (Wildman–Crippen LogP) is 1.45. The van der Waals surface area contributed by atoms with Crippen molar-refractivity contribution in [2.24, 2.45) is 0 Å². The zero-order valence-corrected chi connectivity index (χ0v) is 11.2. The third-order valence-electron chi connectivity index (χ3n) is 3.50. The monoisotopic (exact) mass is 264 g/mol. The highest BCUT2D eigenvalue weighted by Gasteiger charge is 2.44. The first-order valence-electron chi connectivity index (χ1n) is 6.20. The lowest BCUT2D eigenvalue weighted by atomic mass is 9.95. The number of amides is 2. The van der Waals surface area contributed by atoms with Gasteiger partial charge in [-0.25, -0.2) is 4.39 Å². The number of benzene rings is 1. The number of nitrogens with one attached hydrogen (secondary N) is 1. The van der Waals surface area contributed by atoms with Gasteiger partial charge >= 0.3 is 0 Å². The van der Waals surface area contributed by atoms with Gasteiger partial charge in [-0.1, -0.05) is 18.2 Å². The van der Waals surface area contributed by atoms with Crippen LogP contribution in [0.15, 0.2) is 24.3 Å². The summed E-state index contributed by atoms with van der Waals surface area (Å²) in [6.07, 6.45) is 0.